The Morgan fingerprint density at radius 2 is 2.18 bits per heavy atom. The predicted molar refractivity (Wildman–Crippen MR) is 42.4 cm³/mol. The van der Waals surface area contributed by atoms with Crippen molar-refractivity contribution in [3.63, 3.8) is 0 Å². The fourth-order valence-corrected chi connectivity index (χ4v) is 1.30. The van der Waals surface area contributed by atoms with Crippen LogP contribution in [-0.2, 0) is 14.3 Å². The fraction of sp³-hybridized carbons (Fsp3) is 0.429. The van der Waals surface area contributed by atoms with Gasteiger partial charge in [-0.05, 0) is 25.0 Å². The molecule has 0 aromatic carbocycles. The van der Waals surface area contributed by atoms with Crippen LogP contribution < -0.4 is 0 Å². The Labute approximate surface area is 66.5 Å². The molecule has 11 heavy (non-hydrogen) atoms. The third-order valence-electron chi connectivity index (χ3n) is 1.21. The summed E-state index contributed by atoms with van der Waals surface area (Å²) >= 11 is 0. The van der Waals surface area contributed by atoms with E-state index >= 15 is 0 Å². The molecule has 0 N–H and O–H groups in total. The summed E-state index contributed by atoms with van der Waals surface area (Å²) in [4.78, 5) is 0. The maximum Gasteiger partial charge on any atom is 0.306 e. The van der Waals surface area contributed by atoms with Crippen LogP contribution in [0.4, 0.5) is 0 Å². The lowest BCUT2D eigenvalue weighted by Gasteiger charge is -2.05. The molecular weight excluding hydrogens is 164 g/mol. The van der Waals surface area contributed by atoms with Crippen molar-refractivity contribution in [2.75, 3.05) is 6.26 Å². The van der Waals surface area contributed by atoms with E-state index in [-0.39, 0.29) is 0 Å². The summed E-state index contributed by atoms with van der Waals surface area (Å²) in [7, 11) is -3.34. The normalized spacial score (nSPS) is 17.7. The lowest BCUT2D eigenvalue weighted by atomic mass is 10.2. The molecular formula is C7H10O3S. The van der Waals surface area contributed by atoms with Gasteiger partial charge in [-0.15, -0.1) is 0 Å². The van der Waals surface area contributed by atoms with Crippen LogP contribution in [0.3, 0.4) is 0 Å². The number of hydrogen-bond acceptors (Lipinski definition) is 3. The van der Waals surface area contributed by atoms with Crippen LogP contribution in [0.15, 0.2) is 24.0 Å². The van der Waals surface area contributed by atoms with Crippen molar-refractivity contribution in [3.05, 3.63) is 24.0 Å². The molecule has 0 aromatic heterocycles. The molecule has 0 unspecified atom stereocenters. The smallest absolute Gasteiger partial charge is 0.306 e. The summed E-state index contributed by atoms with van der Waals surface area (Å²) in [5.41, 5.74) is 0. The van der Waals surface area contributed by atoms with Gasteiger partial charge in [-0.3, -0.25) is 0 Å². The van der Waals surface area contributed by atoms with Gasteiger partial charge in [-0.2, -0.15) is 8.42 Å². The van der Waals surface area contributed by atoms with Crippen LogP contribution in [-0.4, -0.2) is 14.7 Å². The maximum absolute atomic E-state index is 10.6. The average Bonchev–Trinajstić information content (AvgIpc) is 1.85. The summed E-state index contributed by atoms with van der Waals surface area (Å²) in [6, 6.07) is 0. The van der Waals surface area contributed by atoms with E-state index in [1.165, 1.54) is 0 Å². The Hall–Kier alpha value is -0.770. The highest BCUT2D eigenvalue weighted by Crippen LogP contribution is 2.12. The Bertz CT molecular complexity index is 285. The van der Waals surface area contributed by atoms with E-state index < -0.39 is 10.1 Å². The molecule has 0 aromatic rings. The standard InChI is InChI=1S/C7H10O3S/c1-11(8,9)10-7-5-3-2-4-6-7/h3,5-6H,2,4H2,1H3. The quantitative estimate of drug-likeness (QED) is 0.591. The van der Waals surface area contributed by atoms with Gasteiger partial charge in [0.25, 0.3) is 0 Å². The molecule has 0 atom stereocenters. The zero-order chi connectivity index (χ0) is 8.32. The van der Waals surface area contributed by atoms with Gasteiger partial charge in [0, 0.05) is 0 Å². The Balaban J connectivity index is 2.64. The van der Waals surface area contributed by atoms with Crippen LogP contribution in [0.2, 0.25) is 0 Å². The second-order valence-electron chi connectivity index (χ2n) is 2.37. The summed E-state index contributed by atoms with van der Waals surface area (Å²) in [6.45, 7) is 0. The van der Waals surface area contributed by atoms with Crippen LogP contribution in [0.5, 0.6) is 0 Å². The fourth-order valence-electron chi connectivity index (χ4n) is 0.826. The maximum atomic E-state index is 10.6. The molecule has 62 valence electrons. The first-order valence-electron chi connectivity index (χ1n) is 3.34. The van der Waals surface area contributed by atoms with Crippen molar-refractivity contribution in [2.45, 2.75) is 12.8 Å². The largest absolute Gasteiger partial charge is 0.383 e. The first kappa shape index (κ1) is 8.33. The molecule has 1 aliphatic carbocycles. The molecule has 0 fully saturated rings. The van der Waals surface area contributed by atoms with Gasteiger partial charge in [0.15, 0.2) is 0 Å². The van der Waals surface area contributed by atoms with Gasteiger partial charge < -0.3 is 4.18 Å². The van der Waals surface area contributed by atoms with Gasteiger partial charge in [-0.1, -0.05) is 6.08 Å². The zero-order valence-corrected chi connectivity index (χ0v) is 7.10. The van der Waals surface area contributed by atoms with Crippen molar-refractivity contribution < 1.29 is 12.6 Å². The number of rotatable bonds is 2. The van der Waals surface area contributed by atoms with Crippen molar-refractivity contribution in [1.29, 1.82) is 0 Å². The zero-order valence-electron chi connectivity index (χ0n) is 6.28. The van der Waals surface area contributed by atoms with Gasteiger partial charge in [-0.25, -0.2) is 0 Å². The van der Waals surface area contributed by atoms with E-state index in [0.29, 0.717) is 5.76 Å². The van der Waals surface area contributed by atoms with E-state index in [2.05, 4.69) is 4.18 Å². The van der Waals surface area contributed by atoms with Crippen LogP contribution in [0, 0.1) is 0 Å². The molecule has 0 heterocycles. The first-order valence-corrected chi connectivity index (χ1v) is 5.16. The number of hydrogen-bond donors (Lipinski definition) is 0. The minimum Gasteiger partial charge on any atom is -0.383 e. The molecule has 3 nitrogen and oxygen atoms in total. The van der Waals surface area contributed by atoms with Gasteiger partial charge in [0.2, 0.25) is 0 Å². The minimum absolute atomic E-state index is 0.429. The topological polar surface area (TPSA) is 43.4 Å². The third kappa shape index (κ3) is 3.23. The van der Waals surface area contributed by atoms with E-state index in [1.54, 1.807) is 12.2 Å². The summed E-state index contributed by atoms with van der Waals surface area (Å²) in [5.74, 6) is 0.429. The average molecular weight is 174 g/mol. The van der Waals surface area contributed by atoms with Gasteiger partial charge >= 0.3 is 10.1 Å². The lowest BCUT2D eigenvalue weighted by Crippen LogP contribution is -2.02. The lowest BCUT2D eigenvalue weighted by molar-refractivity contribution is 0.422. The van der Waals surface area contributed by atoms with E-state index in [4.69, 9.17) is 0 Å². The second-order valence-corrected chi connectivity index (χ2v) is 3.95. The Morgan fingerprint density at radius 3 is 2.64 bits per heavy atom. The highest BCUT2D eigenvalue weighted by molar-refractivity contribution is 7.86. The van der Waals surface area contributed by atoms with Crippen molar-refractivity contribution in [1.82, 2.24) is 0 Å². The second kappa shape index (κ2) is 3.09. The predicted octanol–water partition coefficient (Wildman–Crippen LogP) is 1.20. The minimum atomic E-state index is -3.34. The molecule has 0 bridgehead atoms. The Kier molecular flexibility index (Phi) is 2.34. The molecule has 0 amide bonds. The highest BCUT2D eigenvalue weighted by Gasteiger charge is 2.05. The molecule has 0 aliphatic heterocycles. The highest BCUT2D eigenvalue weighted by atomic mass is 32.2. The van der Waals surface area contributed by atoms with Crippen LogP contribution >= 0.6 is 0 Å². The Morgan fingerprint density at radius 1 is 1.45 bits per heavy atom. The third-order valence-corrected chi connectivity index (χ3v) is 1.70. The molecule has 0 spiro atoms. The summed E-state index contributed by atoms with van der Waals surface area (Å²) < 4.78 is 25.8. The van der Waals surface area contributed by atoms with Crippen LogP contribution in [0.25, 0.3) is 0 Å². The van der Waals surface area contributed by atoms with Crippen molar-refractivity contribution in [3.8, 4) is 0 Å². The van der Waals surface area contributed by atoms with Gasteiger partial charge in [0.1, 0.15) is 5.76 Å². The monoisotopic (exact) mass is 174 g/mol. The molecule has 1 rings (SSSR count). The SMILES string of the molecule is CS(=O)(=O)OC1=CCCC=C1. The van der Waals surface area contributed by atoms with E-state index in [1.807, 2.05) is 6.08 Å². The van der Waals surface area contributed by atoms with E-state index in [0.717, 1.165) is 19.1 Å². The molecule has 0 saturated heterocycles. The number of allylic oxidation sites excluding steroid dienone is 3. The van der Waals surface area contributed by atoms with Crippen LogP contribution in [0.1, 0.15) is 12.8 Å². The molecule has 1 aliphatic rings. The van der Waals surface area contributed by atoms with Crippen molar-refractivity contribution in [2.24, 2.45) is 0 Å². The van der Waals surface area contributed by atoms with Crippen molar-refractivity contribution >= 4 is 10.1 Å². The molecule has 0 saturated carbocycles. The summed E-state index contributed by atoms with van der Waals surface area (Å²) in [5, 5.41) is 0. The first-order chi connectivity index (χ1) is 5.08. The molecule has 0 radical (unpaired) electrons. The molecule has 4 heteroatoms. The summed E-state index contributed by atoms with van der Waals surface area (Å²) in [6.07, 6.45) is 8.17. The van der Waals surface area contributed by atoms with E-state index in [9.17, 15) is 8.42 Å². The van der Waals surface area contributed by atoms with Gasteiger partial charge in [0.05, 0.1) is 6.26 Å².